The molecule has 5 nitrogen and oxygen atoms in total. The molecule has 0 aliphatic carbocycles. The van der Waals surface area contributed by atoms with Crippen LogP contribution in [0.15, 0.2) is 53.4 Å². The quantitative estimate of drug-likeness (QED) is 0.702. The van der Waals surface area contributed by atoms with Crippen molar-refractivity contribution < 1.29 is 14.3 Å². The van der Waals surface area contributed by atoms with Gasteiger partial charge in [-0.15, -0.1) is 0 Å². The van der Waals surface area contributed by atoms with Crippen molar-refractivity contribution in [2.75, 3.05) is 13.2 Å². The summed E-state index contributed by atoms with van der Waals surface area (Å²) < 4.78 is 16.0. The van der Waals surface area contributed by atoms with Gasteiger partial charge in [-0.2, -0.15) is 0 Å². The Labute approximate surface area is 146 Å². The van der Waals surface area contributed by atoms with Crippen LogP contribution >= 0.6 is 15.9 Å². The molecule has 0 aliphatic heterocycles. The van der Waals surface area contributed by atoms with E-state index in [4.69, 9.17) is 0 Å². The summed E-state index contributed by atoms with van der Waals surface area (Å²) in [6.07, 6.45) is 3.40. The van der Waals surface area contributed by atoms with Crippen molar-refractivity contribution in [1.29, 1.82) is 0 Å². The number of hydrogen-bond acceptors (Lipinski definition) is 3. The zero-order chi connectivity index (χ0) is 17.1. The van der Waals surface area contributed by atoms with Crippen LogP contribution in [0.5, 0.6) is 0 Å². The fourth-order valence-electron chi connectivity index (χ4n) is 2.46. The van der Waals surface area contributed by atoms with E-state index < -0.39 is 0 Å². The maximum atomic E-state index is 13.3. The first kappa shape index (κ1) is 16.6. The Kier molecular flexibility index (Phi) is 4.92. The smallest absolute Gasteiger partial charge is 0.270 e. The molecule has 3 aromatic rings. The van der Waals surface area contributed by atoms with E-state index in [2.05, 4.69) is 26.2 Å². The molecule has 2 heterocycles. The second-order valence-corrected chi connectivity index (χ2v) is 6.32. The Bertz CT molecular complexity index is 881. The first-order valence-corrected chi connectivity index (χ1v) is 8.14. The van der Waals surface area contributed by atoms with Crippen LogP contribution in [0.3, 0.4) is 0 Å². The van der Waals surface area contributed by atoms with E-state index in [0.717, 1.165) is 9.99 Å². The number of halogens is 2. The average Bonchev–Trinajstić information content (AvgIpc) is 2.94. The fourth-order valence-corrected chi connectivity index (χ4v) is 2.91. The van der Waals surface area contributed by atoms with Crippen molar-refractivity contribution in [2.45, 2.75) is 5.92 Å². The highest BCUT2D eigenvalue weighted by atomic mass is 79.9. The van der Waals surface area contributed by atoms with E-state index in [9.17, 15) is 14.3 Å². The Morgan fingerprint density at radius 2 is 2.21 bits per heavy atom. The summed E-state index contributed by atoms with van der Waals surface area (Å²) in [5, 5.41) is 12.2. The maximum Gasteiger partial charge on any atom is 0.270 e. The van der Waals surface area contributed by atoms with Crippen LogP contribution in [-0.2, 0) is 0 Å². The van der Waals surface area contributed by atoms with Crippen molar-refractivity contribution in [2.24, 2.45) is 0 Å². The zero-order valence-electron chi connectivity index (χ0n) is 12.6. The van der Waals surface area contributed by atoms with Crippen molar-refractivity contribution >= 4 is 27.4 Å². The van der Waals surface area contributed by atoms with Crippen molar-refractivity contribution in [3.05, 3.63) is 70.5 Å². The molecule has 2 aromatic heterocycles. The summed E-state index contributed by atoms with van der Waals surface area (Å²) in [5.41, 5.74) is 1.76. The second kappa shape index (κ2) is 7.11. The number of aliphatic hydroxyl groups is 1. The van der Waals surface area contributed by atoms with Crippen LogP contribution in [-0.4, -0.2) is 33.6 Å². The van der Waals surface area contributed by atoms with Crippen LogP contribution in [0.1, 0.15) is 22.0 Å². The number of aromatic nitrogens is 2. The summed E-state index contributed by atoms with van der Waals surface area (Å²) in [6.45, 7) is -0.00179. The lowest BCUT2D eigenvalue weighted by Gasteiger charge is -2.15. The third-order valence-corrected chi connectivity index (χ3v) is 4.17. The maximum absolute atomic E-state index is 13.3. The molecule has 0 aliphatic rings. The van der Waals surface area contributed by atoms with Crippen LogP contribution in [0.2, 0.25) is 0 Å². The molecule has 0 bridgehead atoms. The highest BCUT2D eigenvalue weighted by Gasteiger charge is 2.15. The van der Waals surface area contributed by atoms with Crippen molar-refractivity contribution in [3.63, 3.8) is 0 Å². The minimum absolute atomic E-state index is 0.191. The van der Waals surface area contributed by atoms with E-state index in [0.29, 0.717) is 5.56 Å². The molecule has 0 fully saturated rings. The fraction of sp³-hybridized carbons (Fsp3) is 0.176. The van der Waals surface area contributed by atoms with Crippen LogP contribution in [0.4, 0.5) is 4.39 Å². The summed E-state index contributed by atoms with van der Waals surface area (Å²) in [6, 6.07) is 9.55. The van der Waals surface area contributed by atoms with Gasteiger partial charge in [-0.3, -0.25) is 4.79 Å². The van der Waals surface area contributed by atoms with Gasteiger partial charge in [0.15, 0.2) is 0 Å². The molecule has 1 aromatic carbocycles. The van der Waals surface area contributed by atoms with Gasteiger partial charge in [-0.25, -0.2) is 9.37 Å². The second-order valence-electron chi connectivity index (χ2n) is 5.41. The molecule has 24 heavy (non-hydrogen) atoms. The first-order chi connectivity index (χ1) is 11.6. The number of fused-ring (bicyclic) bond motifs is 1. The first-order valence-electron chi connectivity index (χ1n) is 7.34. The van der Waals surface area contributed by atoms with E-state index in [1.807, 2.05) is 12.3 Å². The van der Waals surface area contributed by atoms with Gasteiger partial charge in [-0.05, 0) is 45.8 Å². The predicted molar refractivity (Wildman–Crippen MR) is 91.5 cm³/mol. The number of carbonyl (C=O) groups is 1. The number of carbonyl (C=O) groups excluding carboxylic acids is 1. The number of nitrogens with one attached hydrogen (secondary N) is 1. The summed E-state index contributed by atoms with van der Waals surface area (Å²) in [5.74, 6) is -1.09. The van der Waals surface area contributed by atoms with Gasteiger partial charge in [0.2, 0.25) is 0 Å². The van der Waals surface area contributed by atoms with Crippen molar-refractivity contribution in [1.82, 2.24) is 14.7 Å². The van der Waals surface area contributed by atoms with Crippen LogP contribution in [0, 0.1) is 5.82 Å². The van der Waals surface area contributed by atoms with E-state index in [1.54, 1.807) is 28.9 Å². The molecule has 7 heteroatoms. The summed E-state index contributed by atoms with van der Waals surface area (Å²) in [7, 11) is 0. The van der Waals surface area contributed by atoms with Gasteiger partial charge in [0.25, 0.3) is 5.91 Å². The monoisotopic (exact) mass is 391 g/mol. The molecule has 124 valence electrons. The van der Waals surface area contributed by atoms with Gasteiger partial charge in [0.05, 0.1) is 6.61 Å². The number of benzene rings is 1. The summed E-state index contributed by atoms with van der Waals surface area (Å²) >= 11 is 3.37. The number of rotatable bonds is 5. The predicted octanol–water partition coefficient (Wildman–Crippen LogP) is 2.74. The van der Waals surface area contributed by atoms with Gasteiger partial charge in [-0.1, -0.05) is 12.1 Å². The Hall–Kier alpha value is -2.25. The SMILES string of the molecule is O=C(NCC(CO)c1cccc(F)c1)c1cc2cc(Br)cn2cn1. The van der Waals surface area contributed by atoms with Crippen LogP contribution in [0.25, 0.3) is 5.52 Å². The lowest BCUT2D eigenvalue weighted by atomic mass is 10.00. The molecule has 1 unspecified atom stereocenters. The highest BCUT2D eigenvalue weighted by molar-refractivity contribution is 9.10. The molecule has 1 atom stereocenters. The van der Waals surface area contributed by atoms with Gasteiger partial charge in [0.1, 0.15) is 17.8 Å². The molecule has 0 saturated carbocycles. The van der Waals surface area contributed by atoms with Gasteiger partial charge >= 0.3 is 0 Å². The summed E-state index contributed by atoms with van der Waals surface area (Å²) in [4.78, 5) is 16.4. The molecule has 2 N–H and O–H groups in total. The molecule has 3 rings (SSSR count). The molecule has 0 saturated heterocycles. The Balaban J connectivity index is 1.70. The third kappa shape index (κ3) is 3.63. The highest BCUT2D eigenvalue weighted by Crippen LogP contribution is 2.17. The normalized spacial score (nSPS) is 12.3. The number of hydrogen-bond donors (Lipinski definition) is 2. The lowest BCUT2D eigenvalue weighted by molar-refractivity contribution is 0.0942. The van der Waals surface area contributed by atoms with Crippen molar-refractivity contribution in [3.8, 4) is 0 Å². The number of aliphatic hydroxyl groups excluding tert-OH is 1. The minimum Gasteiger partial charge on any atom is -0.396 e. The van der Waals surface area contributed by atoms with Crippen LogP contribution < -0.4 is 5.32 Å². The van der Waals surface area contributed by atoms with E-state index in [-0.39, 0.29) is 36.5 Å². The van der Waals surface area contributed by atoms with E-state index >= 15 is 0 Å². The Morgan fingerprint density at radius 3 is 2.96 bits per heavy atom. The van der Waals surface area contributed by atoms with Gasteiger partial charge in [0, 0.05) is 28.6 Å². The molecule has 0 radical (unpaired) electrons. The van der Waals surface area contributed by atoms with E-state index in [1.165, 1.54) is 12.1 Å². The molecule has 0 spiro atoms. The van der Waals surface area contributed by atoms with Gasteiger partial charge < -0.3 is 14.8 Å². The lowest BCUT2D eigenvalue weighted by Crippen LogP contribution is -2.30. The topological polar surface area (TPSA) is 66.6 Å². The molecular weight excluding hydrogens is 377 g/mol. The minimum atomic E-state index is -0.379. The molecule has 1 amide bonds. The number of nitrogens with zero attached hydrogens (tertiary/aromatic N) is 2. The number of amides is 1. The Morgan fingerprint density at radius 1 is 1.38 bits per heavy atom. The largest absolute Gasteiger partial charge is 0.396 e. The molecular formula is C17H15BrFN3O2. The zero-order valence-corrected chi connectivity index (χ0v) is 14.2. The third-order valence-electron chi connectivity index (χ3n) is 3.73. The standard InChI is InChI=1S/C17H15BrFN3O2/c18-13-5-15-6-16(21-10-22(15)8-13)17(24)20-7-12(9-23)11-2-1-3-14(19)4-11/h1-6,8,10,12,23H,7,9H2,(H,20,24). The average molecular weight is 392 g/mol.